The zero-order chi connectivity index (χ0) is 7.14. The summed E-state index contributed by atoms with van der Waals surface area (Å²) in [6, 6.07) is 0. The summed E-state index contributed by atoms with van der Waals surface area (Å²) < 4.78 is 0. The SMILES string of the molecule is Cc1nn(N)c2c1CSC2. The van der Waals surface area contributed by atoms with Crippen LogP contribution in [0.25, 0.3) is 0 Å². The molecule has 2 rings (SSSR count). The molecule has 2 N–H and O–H groups in total. The largest absolute Gasteiger partial charge is 0.323 e. The highest BCUT2D eigenvalue weighted by Gasteiger charge is 2.18. The summed E-state index contributed by atoms with van der Waals surface area (Å²) in [5.74, 6) is 7.69. The summed E-state index contributed by atoms with van der Waals surface area (Å²) in [5.41, 5.74) is 3.62. The summed E-state index contributed by atoms with van der Waals surface area (Å²) in [4.78, 5) is 1.50. The van der Waals surface area contributed by atoms with Gasteiger partial charge in [0.15, 0.2) is 0 Å². The van der Waals surface area contributed by atoms with Gasteiger partial charge in [-0.3, -0.25) is 0 Å². The fraction of sp³-hybridized carbons (Fsp3) is 0.500. The Labute approximate surface area is 63.6 Å². The van der Waals surface area contributed by atoms with E-state index in [0.717, 1.165) is 17.2 Å². The molecule has 0 saturated heterocycles. The maximum atomic E-state index is 5.58. The van der Waals surface area contributed by atoms with Crippen molar-refractivity contribution in [3.05, 3.63) is 17.0 Å². The summed E-state index contributed by atoms with van der Waals surface area (Å²) >= 11 is 1.90. The average Bonchev–Trinajstić information content (AvgIpc) is 2.39. The van der Waals surface area contributed by atoms with Gasteiger partial charge >= 0.3 is 0 Å². The number of aryl methyl sites for hydroxylation is 1. The second-order valence-corrected chi connectivity index (χ2v) is 3.43. The van der Waals surface area contributed by atoms with Crippen LogP contribution in [-0.2, 0) is 11.5 Å². The van der Waals surface area contributed by atoms with Crippen molar-refractivity contribution in [2.75, 3.05) is 5.84 Å². The predicted octanol–water partition coefficient (Wildman–Crippen LogP) is 0.652. The molecule has 1 aromatic rings. The smallest absolute Gasteiger partial charge is 0.0759 e. The van der Waals surface area contributed by atoms with Crippen LogP contribution in [0.4, 0.5) is 0 Å². The van der Waals surface area contributed by atoms with Crippen molar-refractivity contribution in [3.8, 4) is 0 Å². The molecule has 1 aliphatic heterocycles. The number of nitrogens with two attached hydrogens (primary N) is 1. The van der Waals surface area contributed by atoms with E-state index in [0.29, 0.717) is 0 Å². The molecule has 0 fully saturated rings. The van der Waals surface area contributed by atoms with Gasteiger partial charge in [-0.25, -0.2) is 0 Å². The molecule has 0 radical (unpaired) electrons. The standard InChI is InChI=1S/C6H9N3S/c1-4-5-2-10-3-6(5)9(7)8-4/h2-3,7H2,1H3. The molecule has 0 unspecified atom stereocenters. The number of nitrogen functional groups attached to an aromatic ring is 1. The fourth-order valence-corrected chi connectivity index (χ4v) is 2.40. The van der Waals surface area contributed by atoms with Crippen molar-refractivity contribution in [1.29, 1.82) is 0 Å². The second-order valence-electron chi connectivity index (χ2n) is 2.45. The lowest BCUT2D eigenvalue weighted by molar-refractivity contribution is 0.785. The number of hydrogen-bond acceptors (Lipinski definition) is 3. The van der Waals surface area contributed by atoms with E-state index in [1.165, 1.54) is 16.0 Å². The van der Waals surface area contributed by atoms with Gasteiger partial charge in [-0.2, -0.15) is 21.7 Å². The molecule has 1 aromatic heterocycles. The Morgan fingerprint density at radius 1 is 1.60 bits per heavy atom. The van der Waals surface area contributed by atoms with Gasteiger partial charge in [0.05, 0.1) is 11.4 Å². The van der Waals surface area contributed by atoms with Crippen LogP contribution in [0.1, 0.15) is 17.0 Å². The molecule has 4 heteroatoms. The quantitative estimate of drug-likeness (QED) is 0.559. The molecule has 0 aromatic carbocycles. The van der Waals surface area contributed by atoms with Crippen molar-refractivity contribution >= 4 is 11.8 Å². The lowest BCUT2D eigenvalue weighted by atomic mass is 10.2. The van der Waals surface area contributed by atoms with Crippen LogP contribution < -0.4 is 5.84 Å². The summed E-state index contributed by atoms with van der Waals surface area (Å²) in [5, 5.41) is 4.11. The van der Waals surface area contributed by atoms with E-state index in [2.05, 4.69) is 5.10 Å². The number of rotatable bonds is 0. The Kier molecular flexibility index (Phi) is 1.17. The number of hydrogen-bond donors (Lipinski definition) is 1. The molecule has 10 heavy (non-hydrogen) atoms. The van der Waals surface area contributed by atoms with Gasteiger partial charge in [-0.05, 0) is 6.92 Å². The van der Waals surface area contributed by atoms with Crippen LogP contribution in [0.15, 0.2) is 0 Å². The molecule has 3 nitrogen and oxygen atoms in total. The molecular weight excluding hydrogens is 146 g/mol. The fourth-order valence-electron chi connectivity index (χ4n) is 1.22. The summed E-state index contributed by atoms with van der Waals surface area (Å²) in [6.07, 6.45) is 0. The number of nitrogens with zero attached hydrogens (tertiary/aromatic N) is 2. The van der Waals surface area contributed by atoms with E-state index in [9.17, 15) is 0 Å². The van der Waals surface area contributed by atoms with Gasteiger partial charge in [0.2, 0.25) is 0 Å². The van der Waals surface area contributed by atoms with Gasteiger partial charge in [0.25, 0.3) is 0 Å². The molecular formula is C6H9N3S. The first kappa shape index (κ1) is 6.09. The molecule has 0 amide bonds. The van der Waals surface area contributed by atoms with Crippen molar-refractivity contribution in [2.45, 2.75) is 18.4 Å². The van der Waals surface area contributed by atoms with Gasteiger partial charge < -0.3 is 5.84 Å². The van der Waals surface area contributed by atoms with E-state index in [1.807, 2.05) is 18.7 Å². The van der Waals surface area contributed by atoms with E-state index in [4.69, 9.17) is 5.84 Å². The first-order chi connectivity index (χ1) is 4.79. The molecule has 0 saturated carbocycles. The highest BCUT2D eigenvalue weighted by Crippen LogP contribution is 2.30. The van der Waals surface area contributed by atoms with E-state index in [1.54, 1.807) is 0 Å². The van der Waals surface area contributed by atoms with Crippen molar-refractivity contribution < 1.29 is 0 Å². The minimum Gasteiger partial charge on any atom is -0.323 e. The maximum Gasteiger partial charge on any atom is 0.0759 e. The zero-order valence-electron chi connectivity index (χ0n) is 5.79. The maximum absolute atomic E-state index is 5.58. The molecule has 54 valence electrons. The zero-order valence-corrected chi connectivity index (χ0v) is 6.61. The summed E-state index contributed by atoms with van der Waals surface area (Å²) in [7, 11) is 0. The number of aromatic nitrogens is 2. The lowest BCUT2D eigenvalue weighted by Crippen LogP contribution is -2.12. The number of thioether (sulfide) groups is 1. The van der Waals surface area contributed by atoms with E-state index < -0.39 is 0 Å². The van der Waals surface area contributed by atoms with Gasteiger partial charge in [-0.15, -0.1) is 0 Å². The minimum atomic E-state index is 1.02. The summed E-state index contributed by atoms with van der Waals surface area (Å²) in [6.45, 7) is 2.01. The highest BCUT2D eigenvalue weighted by molar-refractivity contribution is 7.98. The van der Waals surface area contributed by atoms with Crippen LogP contribution in [-0.4, -0.2) is 9.89 Å². The Hall–Kier alpha value is -0.640. The average molecular weight is 155 g/mol. The molecule has 0 aliphatic carbocycles. The molecule has 1 aliphatic rings. The molecule has 0 spiro atoms. The van der Waals surface area contributed by atoms with Crippen LogP contribution in [0, 0.1) is 6.92 Å². The highest BCUT2D eigenvalue weighted by atomic mass is 32.2. The molecule has 0 bridgehead atoms. The monoisotopic (exact) mass is 155 g/mol. The Morgan fingerprint density at radius 2 is 2.40 bits per heavy atom. The van der Waals surface area contributed by atoms with Crippen molar-refractivity contribution in [3.63, 3.8) is 0 Å². The lowest BCUT2D eigenvalue weighted by Gasteiger charge is -1.92. The second kappa shape index (κ2) is 1.92. The third-order valence-corrected chi connectivity index (χ3v) is 2.77. The minimum absolute atomic E-state index is 1.02. The van der Waals surface area contributed by atoms with Gasteiger partial charge in [0.1, 0.15) is 0 Å². The van der Waals surface area contributed by atoms with Crippen LogP contribution in [0.2, 0.25) is 0 Å². The van der Waals surface area contributed by atoms with Crippen LogP contribution >= 0.6 is 11.8 Å². The first-order valence-corrected chi connectivity index (χ1v) is 4.34. The van der Waals surface area contributed by atoms with Crippen LogP contribution in [0.5, 0.6) is 0 Å². The Balaban J connectivity index is 2.61. The van der Waals surface area contributed by atoms with E-state index in [-0.39, 0.29) is 0 Å². The predicted molar refractivity (Wildman–Crippen MR) is 42.1 cm³/mol. The third-order valence-electron chi connectivity index (χ3n) is 1.80. The topological polar surface area (TPSA) is 43.8 Å². The number of fused-ring (bicyclic) bond motifs is 1. The van der Waals surface area contributed by atoms with E-state index >= 15 is 0 Å². The Morgan fingerprint density at radius 3 is 3.10 bits per heavy atom. The normalized spacial score (nSPS) is 15.7. The van der Waals surface area contributed by atoms with Crippen molar-refractivity contribution in [1.82, 2.24) is 9.89 Å². The third kappa shape index (κ3) is 0.653. The van der Waals surface area contributed by atoms with Gasteiger partial charge in [-0.1, -0.05) is 0 Å². The Bertz CT molecular complexity index is 242. The van der Waals surface area contributed by atoms with Crippen LogP contribution in [0.3, 0.4) is 0 Å². The first-order valence-electron chi connectivity index (χ1n) is 3.19. The van der Waals surface area contributed by atoms with Crippen molar-refractivity contribution in [2.24, 2.45) is 0 Å². The van der Waals surface area contributed by atoms with Gasteiger partial charge in [0, 0.05) is 17.1 Å². The molecule has 0 atom stereocenters. The molecule has 2 heterocycles.